The molecule has 0 atom stereocenters. The largest absolute Gasteiger partial charge is 0.467 e. The molecule has 2 N–H and O–H groups in total. The maximum absolute atomic E-state index is 5.19. The number of nitrogens with one attached hydrogen (secondary N) is 2. The van der Waals surface area contributed by atoms with Gasteiger partial charge in [-0.2, -0.15) is 0 Å². The van der Waals surface area contributed by atoms with E-state index in [1.165, 1.54) is 0 Å². The Labute approximate surface area is 87.6 Å². The van der Waals surface area contributed by atoms with Crippen molar-refractivity contribution >= 4 is 11.6 Å². The fraction of sp³-hybridized carbons (Fsp3) is 0.200. The normalized spacial score (nSPS) is 9.93. The van der Waals surface area contributed by atoms with Crippen LogP contribution in [0.25, 0.3) is 0 Å². The highest BCUT2D eigenvalue weighted by atomic mass is 16.3. The number of furan rings is 1. The van der Waals surface area contributed by atoms with E-state index in [9.17, 15) is 0 Å². The molecule has 0 radical (unpaired) electrons. The second-order valence-electron chi connectivity index (χ2n) is 2.97. The minimum absolute atomic E-state index is 0.606. The lowest BCUT2D eigenvalue weighted by atomic mass is 10.4. The molecule has 2 rings (SSSR count). The summed E-state index contributed by atoms with van der Waals surface area (Å²) in [5.74, 6) is 2.32. The van der Waals surface area contributed by atoms with Gasteiger partial charge < -0.3 is 15.1 Å². The Morgan fingerprint density at radius 2 is 2.20 bits per heavy atom. The van der Waals surface area contributed by atoms with Crippen LogP contribution in [0.15, 0.2) is 35.2 Å². The molecule has 0 aliphatic heterocycles. The number of nitrogens with zero attached hydrogens (tertiary/aromatic N) is 2. The smallest absolute Gasteiger partial charge is 0.147 e. The van der Waals surface area contributed by atoms with Crippen LogP contribution in [0.3, 0.4) is 0 Å². The summed E-state index contributed by atoms with van der Waals surface area (Å²) in [6, 6.07) is 3.76. The monoisotopic (exact) mass is 204 g/mol. The summed E-state index contributed by atoms with van der Waals surface area (Å²) in [7, 11) is 1.81. The molecule has 0 saturated carbocycles. The Kier molecular flexibility index (Phi) is 2.82. The summed E-state index contributed by atoms with van der Waals surface area (Å²) in [5.41, 5.74) is 0. The van der Waals surface area contributed by atoms with Crippen LogP contribution in [0.2, 0.25) is 0 Å². The summed E-state index contributed by atoms with van der Waals surface area (Å²) in [5, 5.41) is 6.04. The zero-order valence-corrected chi connectivity index (χ0v) is 8.40. The van der Waals surface area contributed by atoms with Gasteiger partial charge in [0.15, 0.2) is 0 Å². The molecular formula is C10H12N4O. The van der Waals surface area contributed by atoms with Gasteiger partial charge in [0.05, 0.1) is 25.2 Å². The minimum Gasteiger partial charge on any atom is -0.467 e. The second kappa shape index (κ2) is 4.45. The van der Waals surface area contributed by atoms with Crippen molar-refractivity contribution in [2.24, 2.45) is 0 Å². The molecule has 15 heavy (non-hydrogen) atoms. The molecule has 2 heterocycles. The van der Waals surface area contributed by atoms with Crippen molar-refractivity contribution in [1.82, 2.24) is 9.97 Å². The van der Waals surface area contributed by atoms with Crippen molar-refractivity contribution in [3.05, 3.63) is 36.5 Å². The van der Waals surface area contributed by atoms with Crippen LogP contribution in [0.5, 0.6) is 0 Å². The van der Waals surface area contributed by atoms with Crippen LogP contribution in [-0.4, -0.2) is 17.0 Å². The van der Waals surface area contributed by atoms with Gasteiger partial charge in [0.2, 0.25) is 0 Å². The maximum atomic E-state index is 5.19. The molecule has 0 aromatic carbocycles. The van der Waals surface area contributed by atoms with Gasteiger partial charge in [0.25, 0.3) is 0 Å². The second-order valence-corrected chi connectivity index (χ2v) is 2.97. The van der Waals surface area contributed by atoms with Gasteiger partial charge in [0.1, 0.15) is 17.4 Å². The van der Waals surface area contributed by atoms with Gasteiger partial charge in [-0.3, -0.25) is 4.98 Å². The van der Waals surface area contributed by atoms with Crippen LogP contribution in [0.4, 0.5) is 11.6 Å². The van der Waals surface area contributed by atoms with E-state index < -0.39 is 0 Å². The fourth-order valence-electron chi connectivity index (χ4n) is 1.16. The highest BCUT2D eigenvalue weighted by Gasteiger charge is 1.98. The van der Waals surface area contributed by atoms with E-state index in [1.54, 1.807) is 25.7 Å². The first-order valence-corrected chi connectivity index (χ1v) is 4.64. The summed E-state index contributed by atoms with van der Waals surface area (Å²) < 4.78 is 5.19. The minimum atomic E-state index is 0.606. The van der Waals surface area contributed by atoms with E-state index in [0.29, 0.717) is 6.54 Å². The Balaban J connectivity index is 1.98. The SMILES string of the molecule is CNc1cncc(NCc2ccco2)n1. The summed E-state index contributed by atoms with van der Waals surface area (Å²) in [6.07, 6.45) is 4.98. The summed E-state index contributed by atoms with van der Waals surface area (Å²) >= 11 is 0. The van der Waals surface area contributed by atoms with Crippen molar-refractivity contribution in [3.8, 4) is 0 Å². The average molecular weight is 204 g/mol. The standard InChI is InChI=1S/C10H12N4O/c1-11-9-6-12-7-10(14-9)13-5-8-3-2-4-15-8/h2-4,6-7H,5H2,1H3,(H2,11,13,14). The lowest BCUT2D eigenvalue weighted by Crippen LogP contribution is -2.02. The topological polar surface area (TPSA) is 63.0 Å². The third-order valence-corrected chi connectivity index (χ3v) is 1.91. The molecule has 0 spiro atoms. The zero-order chi connectivity index (χ0) is 10.5. The third-order valence-electron chi connectivity index (χ3n) is 1.91. The Morgan fingerprint density at radius 3 is 2.93 bits per heavy atom. The number of anilines is 2. The van der Waals surface area contributed by atoms with Gasteiger partial charge in [-0.15, -0.1) is 0 Å². The van der Waals surface area contributed by atoms with Crippen LogP contribution in [0.1, 0.15) is 5.76 Å². The van der Waals surface area contributed by atoms with E-state index in [2.05, 4.69) is 20.6 Å². The Hall–Kier alpha value is -2.04. The number of aromatic nitrogens is 2. The molecule has 2 aromatic heterocycles. The highest BCUT2D eigenvalue weighted by molar-refractivity contribution is 5.41. The molecule has 5 heteroatoms. The van der Waals surface area contributed by atoms with Gasteiger partial charge in [-0.1, -0.05) is 0 Å². The lowest BCUT2D eigenvalue weighted by molar-refractivity contribution is 0.518. The van der Waals surface area contributed by atoms with E-state index >= 15 is 0 Å². The quantitative estimate of drug-likeness (QED) is 0.794. The molecule has 0 aliphatic carbocycles. The zero-order valence-electron chi connectivity index (χ0n) is 8.40. The van der Waals surface area contributed by atoms with Crippen LogP contribution in [-0.2, 0) is 6.54 Å². The predicted molar refractivity (Wildman–Crippen MR) is 57.6 cm³/mol. The maximum Gasteiger partial charge on any atom is 0.147 e. The van der Waals surface area contributed by atoms with Gasteiger partial charge in [-0.05, 0) is 12.1 Å². The highest BCUT2D eigenvalue weighted by Crippen LogP contribution is 2.08. The Bertz CT molecular complexity index is 413. The average Bonchev–Trinajstić information content (AvgIpc) is 2.79. The molecule has 0 saturated heterocycles. The number of hydrogen-bond acceptors (Lipinski definition) is 5. The van der Waals surface area contributed by atoms with E-state index in [4.69, 9.17) is 4.42 Å². The van der Waals surface area contributed by atoms with Crippen LogP contribution in [0, 0.1) is 0 Å². The number of rotatable bonds is 4. The summed E-state index contributed by atoms with van der Waals surface area (Å²) in [4.78, 5) is 8.30. The van der Waals surface area contributed by atoms with E-state index in [1.807, 2.05) is 12.1 Å². The van der Waals surface area contributed by atoms with Crippen LogP contribution < -0.4 is 10.6 Å². The van der Waals surface area contributed by atoms with Crippen molar-refractivity contribution in [2.45, 2.75) is 6.54 Å². The van der Waals surface area contributed by atoms with Crippen LogP contribution >= 0.6 is 0 Å². The molecule has 0 fully saturated rings. The first kappa shape index (κ1) is 9.51. The van der Waals surface area contributed by atoms with Crippen molar-refractivity contribution in [2.75, 3.05) is 17.7 Å². The van der Waals surface area contributed by atoms with Gasteiger partial charge in [-0.25, -0.2) is 4.98 Å². The van der Waals surface area contributed by atoms with E-state index in [0.717, 1.165) is 17.4 Å². The molecule has 2 aromatic rings. The lowest BCUT2D eigenvalue weighted by Gasteiger charge is -2.04. The van der Waals surface area contributed by atoms with Gasteiger partial charge in [0, 0.05) is 7.05 Å². The Morgan fingerprint density at radius 1 is 1.33 bits per heavy atom. The molecule has 5 nitrogen and oxygen atoms in total. The predicted octanol–water partition coefficient (Wildman–Crippen LogP) is 1.72. The molecule has 78 valence electrons. The molecule has 0 unspecified atom stereocenters. The molecular weight excluding hydrogens is 192 g/mol. The van der Waals surface area contributed by atoms with Crippen molar-refractivity contribution in [1.29, 1.82) is 0 Å². The number of hydrogen-bond donors (Lipinski definition) is 2. The van der Waals surface area contributed by atoms with E-state index in [-0.39, 0.29) is 0 Å². The summed E-state index contributed by atoms with van der Waals surface area (Å²) in [6.45, 7) is 0.606. The first-order chi connectivity index (χ1) is 7.38. The first-order valence-electron chi connectivity index (χ1n) is 4.64. The molecule has 0 aliphatic rings. The van der Waals surface area contributed by atoms with Crippen molar-refractivity contribution in [3.63, 3.8) is 0 Å². The molecule has 0 amide bonds. The van der Waals surface area contributed by atoms with Gasteiger partial charge >= 0.3 is 0 Å². The van der Waals surface area contributed by atoms with Crippen molar-refractivity contribution < 1.29 is 4.42 Å². The fourth-order valence-corrected chi connectivity index (χ4v) is 1.16. The molecule has 0 bridgehead atoms. The third kappa shape index (κ3) is 2.46.